The number of hydrogen-bond donors (Lipinski definition) is 1. The van der Waals surface area contributed by atoms with E-state index in [1.54, 1.807) is 0 Å². The van der Waals surface area contributed by atoms with Crippen LogP contribution in [0.4, 0.5) is 0 Å². The van der Waals surface area contributed by atoms with Gasteiger partial charge in [0.1, 0.15) is 16.5 Å². The van der Waals surface area contributed by atoms with E-state index in [0.717, 1.165) is 22.7 Å². The second-order valence-electron chi connectivity index (χ2n) is 7.44. The van der Waals surface area contributed by atoms with E-state index in [1.807, 2.05) is 48.4 Å². The maximum absolute atomic E-state index is 12.8. The minimum atomic E-state index is -0.0489. The second-order valence-corrected chi connectivity index (χ2v) is 8.30. The lowest BCUT2D eigenvalue weighted by Crippen LogP contribution is -2.51. The number of nitrogens with one attached hydrogen (secondary N) is 1. The van der Waals surface area contributed by atoms with Gasteiger partial charge >= 0.3 is 0 Å². The van der Waals surface area contributed by atoms with Gasteiger partial charge in [0.25, 0.3) is 5.91 Å². The van der Waals surface area contributed by atoms with E-state index in [9.17, 15) is 9.59 Å². The van der Waals surface area contributed by atoms with Crippen LogP contribution in [0.15, 0.2) is 29.6 Å². The molecule has 162 valence electrons. The molecule has 2 heterocycles. The predicted molar refractivity (Wildman–Crippen MR) is 119 cm³/mol. The Kier molecular flexibility index (Phi) is 7.81. The van der Waals surface area contributed by atoms with Crippen LogP contribution in [0.3, 0.4) is 0 Å². The summed E-state index contributed by atoms with van der Waals surface area (Å²) in [5.41, 5.74) is 1.45. The van der Waals surface area contributed by atoms with Crippen LogP contribution in [-0.4, -0.2) is 72.0 Å². The summed E-state index contributed by atoms with van der Waals surface area (Å²) in [6.45, 7) is 9.60. The first-order valence-electron chi connectivity index (χ1n) is 10.5. The average Bonchev–Trinajstić information content (AvgIpc) is 3.24. The van der Waals surface area contributed by atoms with Gasteiger partial charge in [0, 0.05) is 43.2 Å². The molecule has 2 amide bonds. The first-order chi connectivity index (χ1) is 14.5. The third kappa shape index (κ3) is 5.79. The molecule has 0 bridgehead atoms. The second kappa shape index (κ2) is 10.5. The number of nitrogens with zero attached hydrogens (tertiary/aromatic N) is 3. The summed E-state index contributed by atoms with van der Waals surface area (Å²) in [5.74, 6) is 0.820. The van der Waals surface area contributed by atoms with Crippen molar-refractivity contribution in [3.63, 3.8) is 0 Å². The Morgan fingerprint density at radius 3 is 2.50 bits per heavy atom. The number of aromatic nitrogens is 1. The van der Waals surface area contributed by atoms with Crippen molar-refractivity contribution in [3.8, 4) is 16.3 Å². The molecule has 0 saturated carbocycles. The van der Waals surface area contributed by atoms with Crippen LogP contribution in [0.25, 0.3) is 10.6 Å². The number of carbonyl (C=O) groups excluding carboxylic acids is 2. The van der Waals surface area contributed by atoms with E-state index in [-0.39, 0.29) is 17.9 Å². The van der Waals surface area contributed by atoms with E-state index in [2.05, 4.69) is 22.1 Å². The molecule has 0 radical (unpaired) electrons. The van der Waals surface area contributed by atoms with E-state index in [1.165, 1.54) is 11.3 Å². The van der Waals surface area contributed by atoms with Gasteiger partial charge in [-0.3, -0.25) is 14.5 Å². The van der Waals surface area contributed by atoms with Crippen molar-refractivity contribution in [2.45, 2.75) is 33.2 Å². The number of thiazole rings is 1. The normalized spacial score (nSPS) is 15.6. The molecule has 0 aliphatic carbocycles. The number of hydrogen-bond acceptors (Lipinski definition) is 6. The summed E-state index contributed by atoms with van der Waals surface area (Å²) in [6.07, 6.45) is 0.917. The van der Waals surface area contributed by atoms with Gasteiger partial charge in [-0.1, -0.05) is 6.92 Å². The standard InChI is InChI=1S/C22H30N4O3S/c1-4-16(3)23-20(27)14-25-10-12-26(13-11-25)22(28)19-15-30-21(24-19)17-6-8-18(9-7-17)29-5-2/h6-9,15-16H,4-5,10-14H2,1-3H3,(H,23,27). The molecule has 1 aliphatic rings. The number of benzene rings is 1. The van der Waals surface area contributed by atoms with Crippen LogP contribution in [-0.2, 0) is 4.79 Å². The van der Waals surface area contributed by atoms with Crippen LogP contribution < -0.4 is 10.1 Å². The van der Waals surface area contributed by atoms with Crippen LogP contribution in [0.1, 0.15) is 37.7 Å². The molecule has 8 heteroatoms. The number of piperazine rings is 1. The molecule has 1 N–H and O–H groups in total. The zero-order chi connectivity index (χ0) is 21.5. The molecule has 3 rings (SSSR count). The van der Waals surface area contributed by atoms with Gasteiger partial charge in [0.15, 0.2) is 0 Å². The molecular formula is C22H30N4O3S. The van der Waals surface area contributed by atoms with Crippen molar-refractivity contribution in [1.29, 1.82) is 0 Å². The van der Waals surface area contributed by atoms with Crippen molar-refractivity contribution in [3.05, 3.63) is 35.3 Å². The Labute approximate surface area is 182 Å². The SMILES string of the molecule is CCOc1ccc(-c2nc(C(=O)N3CCN(CC(=O)NC(C)CC)CC3)cs2)cc1. The van der Waals surface area contributed by atoms with E-state index in [0.29, 0.717) is 45.0 Å². The number of amides is 2. The summed E-state index contributed by atoms with van der Waals surface area (Å²) in [6, 6.07) is 7.94. The molecule has 2 aromatic rings. The van der Waals surface area contributed by atoms with Crippen LogP contribution in [0, 0.1) is 0 Å². The van der Waals surface area contributed by atoms with Gasteiger partial charge in [-0.2, -0.15) is 0 Å². The molecule has 1 atom stereocenters. The molecule has 1 aromatic carbocycles. The molecule has 1 aromatic heterocycles. The van der Waals surface area contributed by atoms with Crippen molar-refractivity contribution in [2.24, 2.45) is 0 Å². The summed E-state index contributed by atoms with van der Waals surface area (Å²) >= 11 is 1.47. The van der Waals surface area contributed by atoms with Gasteiger partial charge < -0.3 is 15.0 Å². The van der Waals surface area contributed by atoms with Crippen LogP contribution in [0.2, 0.25) is 0 Å². The summed E-state index contributed by atoms with van der Waals surface area (Å²) in [4.78, 5) is 33.4. The third-order valence-electron chi connectivity index (χ3n) is 5.18. The third-order valence-corrected chi connectivity index (χ3v) is 6.07. The maximum Gasteiger partial charge on any atom is 0.273 e. The van der Waals surface area contributed by atoms with Crippen LogP contribution >= 0.6 is 11.3 Å². The molecule has 7 nitrogen and oxygen atoms in total. The lowest BCUT2D eigenvalue weighted by molar-refractivity contribution is -0.123. The lowest BCUT2D eigenvalue weighted by atomic mass is 10.2. The number of rotatable bonds is 8. The van der Waals surface area contributed by atoms with Crippen molar-refractivity contribution < 1.29 is 14.3 Å². The Morgan fingerprint density at radius 2 is 1.87 bits per heavy atom. The number of carbonyl (C=O) groups is 2. The predicted octanol–water partition coefficient (Wildman–Crippen LogP) is 2.88. The highest BCUT2D eigenvalue weighted by Gasteiger charge is 2.25. The Morgan fingerprint density at radius 1 is 1.17 bits per heavy atom. The van der Waals surface area contributed by atoms with Gasteiger partial charge in [0.05, 0.1) is 13.2 Å². The molecule has 1 saturated heterocycles. The van der Waals surface area contributed by atoms with E-state index >= 15 is 0 Å². The number of ether oxygens (including phenoxy) is 1. The van der Waals surface area contributed by atoms with Crippen molar-refractivity contribution in [1.82, 2.24) is 20.1 Å². The fourth-order valence-electron chi connectivity index (χ4n) is 3.26. The summed E-state index contributed by atoms with van der Waals surface area (Å²) in [5, 5.41) is 5.63. The van der Waals surface area contributed by atoms with Gasteiger partial charge in [-0.15, -0.1) is 11.3 Å². The highest BCUT2D eigenvalue weighted by molar-refractivity contribution is 7.13. The topological polar surface area (TPSA) is 74.8 Å². The quantitative estimate of drug-likeness (QED) is 0.697. The Bertz CT molecular complexity index is 844. The fraction of sp³-hybridized carbons (Fsp3) is 0.500. The first-order valence-corrected chi connectivity index (χ1v) is 11.4. The molecule has 0 spiro atoms. The molecule has 1 aliphatic heterocycles. The first kappa shape index (κ1) is 22.2. The van der Waals surface area contributed by atoms with Crippen LogP contribution in [0.5, 0.6) is 5.75 Å². The lowest BCUT2D eigenvalue weighted by Gasteiger charge is -2.34. The van der Waals surface area contributed by atoms with E-state index in [4.69, 9.17) is 4.74 Å². The minimum absolute atomic E-state index is 0.0450. The zero-order valence-corrected chi connectivity index (χ0v) is 18.7. The molecular weight excluding hydrogens is 400 g/mol. The highest BCUT2D eigenvalue weighted by atomic mass is 32.1. The molecule has 1 unspecified atom stereocenters. The van der Waals surface area contributed by atoms with Gasteiger partial charge in [-0.05, 0) is 44.5 Å². The molecule has 1 fully saturated rings. The van der Waals surface area contributed by atoms with Crippen molar-refractivity contribution in [2.75, 3.05) is 39.3 Å². The highest BCUT2D eigenvalue weighted by Crippen LogP contribution is 2.26. The summed E-state index contributed by atoms with van der Waals surface area (Å²) in [7, 11) is 0. The Balaban J connectivity index is 1.52. The zero-order valence-electron chi connectivity index (χ0n) is 17.9. The molecule has 30 heavy (non-hydrogen) atoms. The minimum Gasteiger partial charge on any atom is -0.494 e. The van der Waals surface area contributed by atoms with Gasteiger partial charge in [0.2, 0.25) is 5.91 Å². The largest absolute Gasteiger partial charge is 0.494 e. The average molecular weight is 431 g/mol. The Hall–Kier alpha value is -2.45. The maximum atomic E-state index is 12.8. The van der Waals surface area contributed by atoms with Gasteiger partial charge in [-0.25, -0.2) is 4.98 Å². The van der Waals surface area contributed by atoms with E-state index < -0.39 is 0 Å². The van der Waals surface area contributed by atoms with Crippen molar-refractivity contribution >= 4 is 23.2 Å². The smallest absolute Gasteiger partial charge is 0.273 e. The monoisotopic (exact) mass is 430 g/mol. The fourth-order valence-corrected chi connectivity index (χ4v) is 4.06. The summed E-state index contributed by atoms with van der Waals surface area (Å²) < 4.78 is 5.47.